The first-order chi connectivity index (χ1) is 4.34. The van der Waals surface area contributed by atoms with Crippen LogP contribution in [0.15, 0.2) is 0 Å². The summed E-state index contributed by atoms with van der Waals surface area (Å²) in [5, 5.41) is 3.94. The molecule has 1 heterocycles. The van der Waals surface area contributed by atoms with E-state index in [0.717, 1.165) is 13.3 Å². The summed E-state index contributed by atoms with van der Waals surface area (Å²) in [5.74, 6) is 0. The van der Waals surface area contributed by atoms with Crippen LogP contribution in [-0.4, -0.2) is 30.9 Å². The highest BCUT2D eigenvalue weighted by Gasteiger charge is 2.19. The molecule has 1 N–H and O–H groups in total. The molecule has 1 saturated heterocycles. The van der Waals surface area contributed by atoms with E-state index in [-0.39, 0.29) is 0 Å². The fraction of sp³-hybridized carbons (Fsp3) is 1.00. The number of rotatable bonds is 2. The van der Waals surface area contributed by atoms with E-state index in [2.05, 4.69) is 18.5 Å². The minimum atomic E-state index is 0.569. The van der Waals surface area contributed by atoms with Crippen LogP contribution in [-0.2, 0) is 4.74 Å². The quantitative estimate of drug-likeness (QED) is 0.620. The van der Waals surface area contributed by atoms with Crippen molar-refractivity contribution in [2.45, 2.75) is 18.2 Å². The van der Waals surface area contributed by atoms with Crippen LogP contribution in [0.4, 0.5) is 0 Å². The molecule has 1 rings (SSSR count). The molecular weight excluding hydrogens is 134 g/mol. The van der Waals surface area contributed by atoms with Crippen molar-refractivity contribution in [2.75, 3.05) is 19.6 Å². The summed E-state index contributed by atoms with van der Waals surface area (Å²) in [6, 6.07) is 0.569. The van der Waals surface area contributed by atoms with Crippen molar-refractivity contribution in [1.82, 2.24) is 5.32 Å². The molecule has 0 aromatic carbocycles. The highest BCUT2D eigenvalue weighted by Crippen LogP contribution is 2.12. The Morgan fingerprint density at radius 1 is 1.78 bits per heavy atom. The van der Waals surface area contributed by atoms with E-state index in [1.54, 1.807) is 0 Å². The van der Waals surface area contributed by atoms with Crippen LogP contribution >= 0.6 is 11.8 Å². The average molecular weight is 147 g/mol. The SMILES string of the molecule is CSC(C)C1COCN1. The number of hydrogen-bond acceptors (Lipinski definition) is 3. The molecule has 0 radical (unpaired) electrons. The van der Waals surface area contributed by atoms with Crippen molar-refractivity contribution in [3.05, 3.63) is 0 Å². The minimum absolute atomic E-state index is 0.569. The first-order valence-corrected chi connectivity index (χ1v) is 4.47. The Balaban J connectivity index is 2.24. The summed E-state index contributed by atoms with van der Waals surface area (Å²) < 4.78 is 5.16. The Hall–Kier alpha value is 0.270. The lowest BCUT2D eigenvalue weighted by Crippen LogP contribution is -2.32. The maximum Gasteiger partial charge on any atom is 0.0969 e. The fourth-order valence-electron chi connectivity index (χ4n) is 0.877. The van der Waals surface area contributed by atoms with Gasteiger partial charge in [0.05, 0.1) is 13.3 Å². The van der Waals surface area contributed by atoms with Crippen LogP contribution in [0.25, 0.3) is 0 Å². The first kappa shape index (κ1) is 7.38. The van der Waals surface area contributed by atoms with Gasteiger partial charge in [0.25, 0.3) is 0 Å². The number of hydrogen-bond donors (Lipinski definition) is 1. The van der Waals surface area contributed by atoms with Crippen LogP contribution in [0.5, 0.6) is 0 Å². The van der Waals surface area contributed by atoms with E-state index in [9.17, 15) is 0 Å². The van der Waals surface area contributed by atoms with Gasteiger partial charge in [-0.3, -0.25) is 5.32 Å². The van der Waals surface area contributed by atoms with Crippen molar-refractivity contribution in [2.24, 2.45) is 0 Å². The number of nitrogens with one attached hydrogen (secondary N) is 1. The zero-order chi connectivity index (χ0) is 6.69. The Morgan fingerprint density at radius 3 is 3.00 bits per heavy atom. The van der Waals surface area contributed by atoms with Crippen LogP contribution < -0.4 is 5.32 Å². The number of ether oxygens (including phenoxy) is 1. The monoisotopic (exact) mass is 147 g/mol. The van der Waals surface area contributed by atoms with Gasteiger partial charge in [0.1, 0.15) is 0 Å². The Labute approximate surface area is 60.3 Å². The van der Waals surface area contributed by atoms with Crippen molar-refractivity contribution < 1.29 is 4.74 Å². The van der Waals surface area contributed by atoms with E-state index in [0.29, 0.717) is 11.3 Å². The van der Waals surface area contributed by atoms with Crippen LogP contribution in [0.2, 0.25) is 0 Å². The summed E-state index contributed by atoms with van der Waals surface area (Å²) in [7, 11) is 0. The van der Waals surface area contributed by atoms with E-state index in [1.807, 2.05) is 11.8 Å². The van der Waals surface area contributed by atoms with Gasteiger partial charge >= 0.3 is 0 Å². The molecule has 0 aromatic heterocycles. The molecule has 1 fully saturated rings. The van der Waals surface area contributed by atoms with Gasteiger partial charge in [0, 0.05) is 11.3 Å². The van der Waals surface area contributed by atoms with Crippen molar-refractivity contribution in [3.63, 3.8) is 0 Å². The lowest BCUT2D eigenvalue weighted by molar-refractivity contribution is 0.189. The van der Waals surface area contributed by atoms with Crippen molar-refractivity contribution >= 4 is 11.8 Å². The van der Waals surface area contributed by atoms with Gasteiger partial charge in [-0.2, -0.15) is 11.8 Å². The third-order valence-electron chi connectivity index (χ3n) is 1.68. The largest absolute Gasteiger partial charge is 0.365 e. The van der Waals surface area contributed by atoms with E-state index >= 15 is 0 Å². The molecule has 0 aliphatic carbocycles. The third kappa shape index (κ3) is 1.85. The van der Waals surface area contributed by atoms with Gasteiger partial charge in [-0.05, 0) is 6.26 Å². The maximum atomic E-state index is 5.16. The first-order valence-electron chi connectivity index (χ1n) is 3.18. The van der Waals surface area contributed by atoms with Gasteiger partial charge in [-0.25, -0.2) is 0 Å². The maximum absolute atomic E-state index is 5.16. The molecule has 0 saturated carbocycles. The summed E-state index contributed by atoms with van der Waals surface area (Å²) in [4.78, 5) is 0. The molecule has 2 atom stereocenters. The summed E-state index contributed by atoms with van der Waals surface area (Å²) >= 11 is 1.88. The van der Waals surface area contributed by atoms with E-state index in [1.165, 1.54) is 0 Å². The van der Waals surface area contributed by atoms with Crippen LogP contribution in [0.3, 0.4) is 0 Å². The van der Waals surface area contributed by atoms with Gasteiger partial charge in [-0.1, -0.05) is 6.92 Å². The highest BCUT2D eigenvalue weighted by atomic mass is 32.2. The van der Waals surface area contributed by atoms with Gasteiger partial charge in [0.15, 0.2) is 0 Å². The predicted octanol–water partition coefficient (Wildman–Crippen LogP) is 0.684. The van der Waals surface area contributed by atoms with Crippen molar-refractivity contribution in [1.29, 1.82) is 0 Å². The molecule has 1 aliphatic heterocycles. The highest BCUT2D eigenvalue weighted by molar-refractivity contribution is 7.99. The predicted molar refractivity (Wildman–Crippen MR) is 40.7 cm³/mol. The van der Waals surface area contributed by atoms with Crippen molar-refractivity contribution in [3.8, 4) is 0 Å². The molecule has 54 valence electrons. The Kier molecular flexibility index (Phi) is 2.82. The summed E-state index contributed by atoms with van der Waals surface area (Å²) in [6.45, 7) is 3.83. The number of thioether (sulfide) groups is 1. The molecule has 3 heteroatoms. The lowest BCUT2D eigenvalue weighted by atomic mass is 10.2. The second kappa shape index (κ2) is 3.44. The van der Waals surface area contributed by atoms with Gasteiger partial charge in [-0.15, -0.1) is 0 Å². The minimum Gasteiger partial charge on any atom is -0.365 e. The van der Waals surface area contributed by atoms with Gasteiger partial charge < -0.3 is 4.74 Å². The molecule has 1 aliphatic rings. The molecule has 2 unspecified atom stereocenters. The summed E-state index contributed by atoms with van der Waals surface area (Å²) in [5.41, 5.74) is 0. The third-order valence-corrected chi connectivity index (χ3v) is 2.76. The van der Waals surface area contributed by atoms with E-state index in [4.69, 9.17) is 4.74 Å². The molecule has 2 nitrogen and oxygen atoms in total. The molecule has 0 aromatic rings. The fourth-order valence-corrected chi connectivity index (χ4v) is 1.38. The normalized spacial score (nSPS) is 30.7. The van der Waals surface area contributed by atoms with Crippen LogP contribution in [0.1, 0.15) is 6.92 Å². The molecule has 0 spiro atoms. The molecule has 0 amide bonds. The molecular formula is C6H13NOS. The topological polar surface area (TPSA) is 21.3 Å². The second-order valence-electron chi connectivity index (χ2n) is 2.27. The Morgan fingerprint density at radius 2 is 2.56 bits per heavy atom. The molecule has 0 bridgehead atoms. The zero-order valence-electron chi connectivity index (χ0n) is 5.89. The Bertz CT molecular complexity index is 83.1. The zero-order valence-corrected chi connectivity index (χ0v) is 6.70. The smallest absolute Gasteiger partial charge is 0.0969 e. The van der Waals surface area contributed by atoms with Gasteiger partial charge in [0.2, 0.25) is 0 Å². The second-order valence-corrected chi connectivity index (χ2v) is 3.48. The van der Waals surface area contributed by atoms with Crippen LogP contribution in [0, 0.1) is 0 Å². The average Bonchev–Trinajstić information content (AvgIpc) is 2.37. The standard InChI is InChI=1S/C6H13NOS/c1-5(9-2)6-3-8-4-7-6/h5-7H,3-4H2,1-2H3. The summed E-state index contributed by atoms with van der Waals surface area (Å²) in [6.07, 6.45) is 2.13. The lowest BCUT2D eigenvalue weighted by Gasteiger charge is -2.14. The molecule has 9 heavy (non-hydrogen) atoms. The van der Waals surface area contributed by atoms with E-state index < -0.39 is 0 Å².